The number of hydrogen-bond acceptors (Lipinski definition) is 2. The highest BCUT2D eigenvalue weighted by molar-refractivity contribution is 9.09. The maximum atomic E-state index is 5.94. The third kappa shape index (κ3) is 3.72. The first-order valence-corrected chi connectivity index (χ1v) is 7.11. The highest BCUT2D eigenvalue weighted by Gasteiger charge is 2.27. The molecule has 2 rings (SSSR count). The van der Waals surface area contributed by atoms with Gasteiger partial charge in [-0.2, -0.15) is 0 Å². The first-order chi connectivity index (χ1) is 7.36. The van der Waals surface area contributed by atoms with E-state index in [1.165, 1.54) is 38.5 Å². The van der Waals surface area contributed by atoms with Gasteiger partial charge < -0.3 is 9.47 Å². The second kappa shape index (κ2) is 6.21. The predicted octanol–water partition coefficient (Wildman–Crippen LogP) is 3.14. The van der Waals surface area contributed by atoms with E-state index in [-0.39, 0.29) is 6.10 Å². The van der Waals surface area contributed by atoms with Crippen LogP contribution < -0.4 is 0 Å². The van der Waals surface area contributed by atoms with Crippen molar-refractivity contribution < 1.29 is 9.47 Å². The van der Waals surface area contributed by atoms with Crippen LogP contribution in [0, 0.1) is 5.92 Å². The summed E-state index contributed by atoms with van der Waals surface area (Å²) in [5.74, 6) is 0.799. The van der Waals surface area contributed by atoms with Crippen molar-refractivity contribution in [1.29, 1.82) is 0 Å². The van der Waals surface area contributed by atoms with E-state index in [1.54, 1.807) is 0 Å². The highest BCUT2D eigenvalue weighted by atomic mass is 79.9. The van der Waals surface area contributed by atoms with Crippen molar-refractivity contribution in [1.82, 2.24) is 0 Å². The van der Waals surface area contributed by atoms with E-state index in [2.05, 4.69) is 15.9 Å². The molecule has 15 heavy (non-hydrogen) atoms. The van der Waals surface area contributed by atoms with Crippen molar-refractivity contribution in [2.45, 2.75) is 49.5 Å². The van der Waals surface area contributed by atoms with Gasteiger partial charge in [-0.3, -0.25) is 0 Å². The summed E-state index contributed by atoms with van der Waals surface area (Å²) in [6, 6.07) is 0. The van der Waals surface area contributed by atoms with Gasteiger partial charge in [-0.1, -0.05) is 41.6 Å². The number of ether oxygens (including phenoxy) is 2. The number of alkyl halides is 1. The predicted molar refractivity (Wildman–Crippen MR) is 64.5 cm³/mol. The average molecular weight is 277 g/mol. The van der Waals surface area contributed by atoms with E-state index >= 15 is 0 Å². The maximum absolute atomic E-state index is 5.94. The molecule has 2 atom stereocenters. The molecule has 1 heterocycles. The number of rotatable bonds is 3. The zero-order valence-electron chi connectivity index (χ0n) is 9.29. The van der Waals surface area contributed by atoms with Gasteiger partial charge in [0.05, 0.1) is 24.1 Å². The van der Waals surface area contributed by atoms with Gasteiger partial charge in [0.2, 0.25) is 0 Å². The molecule has 0 aromatic heterocycles. The molecule has 2 aliphatic rings. The summed E-state index contributed by atoms with van der Waals surface area (Å²) in [7, 11) is 0. The molecular formula is C12H21BrO2. The minimum Gasteiger partial charge on any atom is -0.377 e. The quantitative estimate of drug-likeness (QED) is 0.583. The third-order valence-corrected chi connectivity index (χ3v) is 4.34. The summed E-state index contributed by atoms with van der Waals surface area (Å²) in [5.41, 5.74) is 0. The monoisotopic (exact) mass is 276 g/mol. The Morgan fingerprint density at radius 2 is 1.80 bits per heavy atom. The first kappa shape index (κ1) is 11.9. The van der Waals surface area contributed by atoms with Gasteiger partial charge in [0.15, 0.2) is 0 Å². The fraction of sp³-hybridized carbons (Fsp3) is 1.00. The zero-order chi connectivity index (χ0) is 10.5. The lowest BCUT2D eigenvalue weighted by Gasteiger charge is -2.19. The Balaban J connectivity index is 1.67. The SMILES string of the molecule is BrC1COCC1OCC1CCCCCC1. The topological polar surface area (TPSA) is 18.5 Å². The fourth-order valence-electron chi connectivity index (χ4n) is 2.45. The van der Waals surface area contributed by atoms with Gasteiger partial charge in [0, 0.05) is 6.61 Å². The Morgan fingerprint density at radius 3 is 2.40 bits per heavy atom. The highest BCUT2D eigenvalue weighted by Crippen LogP contribution is 2.25. The molecule has 0 N–H and O–H groups in total. The molecule has 1 aliphatic heterocycles. The van der Waals surface area contributed by atoms with E-state index in [0.29, 0.717) is 4.83 Å². The third-order valence-electron chi connectivity index (χ3n) is 3.48. The van der Waals surface area contributed by atoms with Crippen molar-refractivity contribution in [3.05, 3.63) is 0 Å². The second-order valence-electron chi connectivity index (χ2n) is 4.78. The Kier molecular flexibility index (Phi) is 4.92. The molecule has 0 aromatic carbocycles. The van der Waals surface area contributed by atoms with Crippen molar-refractivity contribution in [3.63, 3.8) is 0 Å². The van der Waals surface area contributed by atoms with Crippen LogP contribution >= 0.6 is 15.9 Å². The first-order valence-electron chi connectivity index (χ1n) is 6.19. The molecule has 0 bridgehead atoms. The largest absolute Gasteiger partial charge is 0.377 e. The van der Waals surface area contributed by atoms with Gasteiger partial charge >= 0.3 is 0 Å². The van der Waals surface area contributed by atoms with Crippen LogP contribution in [0.25, 0.3) is 0 Å². The standard InChI is InChI=1S/C12H21BrO2/c13-11-8-14-9-12(11)15-7-10-5-3-1-2-4-6-10/h10-12H,1-9H2. The van der Waals surface area contributed by atoms with Crippen LogP contribution in [-0.2, 0) is 9.47 Å². The molecule has 2 unspecified atom stereocenters. The Morgan fingerprint density at radius 1 is 1.07 bits per heavy atom. The molecule has 1 saturated carbocycles. The van der Waals surface area contributed by atoms with Crippen LogP contribution in [0.3, 0.4) is 0 Å². The molecule has 3 heteroatoms. The minimum atomic E-state index is 0.285. The van der Waals surface area contributed by atoms with Crippen LogP contribution in [0.1, 0.15) is 38.5 Å². The summed E-state index contributed by atoms with van der Waals surface area (Å²) in [5, 5.41) is 0. The molecule has 2 fully saturated rings. The molecule has 0 spiro atoms. The normalized spacial score (nSPS) is 34.2. The van der Waals surface area contributed by atoms with Crippen molar-refractivity contribution >= 4 is 15.9 Å². The van der Waals surface area contributed by atoms with Gasteiger partial charge in [-0.25, -0.2) is 0 Å². The molecule has 0 radical (unpaired) electrons. The molecule has 2 nitrogen and oxygen atoms in total. The van der Waals surface area contributed by atoms with Gasteiger partial charge in [-0.05, 0) is 18.8 Å². The van der Waals surface area contributed by atoms with Crippen LogP contribution in [-0.4, -0.2) is 30.8 Å². The van der Waals surface area contributed by atoms with E-state index in [9.17, 15) is 0 Å². The van der Waals surface area contributed by atoms with E-state index < -0.39 is 0 Å². The van der Waals surface area contributed by atoms with Gasteiger partial charge in [0.25, 0.3) is 0 Å². The Hall–Kier alpha value is 0.400. The zero-order valence-corrected chi connectivity index (χ0v) is 10.9. The summed E-state index contributed by atoms with van der Waals surface area (Å²) >= 11 is 3.60. The lowest BCUT2D eigenvalue weighted by Crippen LogP contribution is -2.25. The summed E-state index contributed by atoms with van der Waals surface area (Å²) in [6.45, 7) is 2.51. The van der Waals surface area contributed by atoms with E-state index in [1.807, 2.05) is 0 Å². The van der Waals surface area contributed by atoms with Crippen LogP contribution in [0.4, 0.5) is 0 Å². The van der Waals surface area contributed by atoms with Gasteiger partial charge in [0.1, 0.15) is 0 Å². The Bertz CT molecular complexity index is 178. The number of hydrogen-bond donors (Lipinski definition) is 0. The Labute approximate surface area is 101 Å². The number of halogens is 1. The van der Waals surface area contributed by atoms with Crippen molar-refractivity contribution in [2.75, 3.05) is 19.8 Å². The molecular weight excluding hydrogens is 256 g/mol. The van der Waals surface area contributed by atoms with Crippen molar-refractivity contribution in [2.24, 2.45) is 5.92 Å². The lowest BCUT2D eigenvalue weighted by atomic mass is 10.0. The van der Waals surface area contributed by atoms with Crippen LogP contribution in [0.2, 0.25) is 0 Å². The molecule has 0 amide bonds. The van der Waals surface area contributed by atoms with E-state index in [4.69, 9.17) is 9.47 Å². The van der Waals surface area contributed by atoms with Gasteiger partial charge in [-0.15, -0.1) is 0 Å². The molecule has 1 aliphatic carbocycles. The fourth-order valence-corrected chi connectivity index (χ4v) is 2.94. The van der Waals surface area contributed by atoms with E-state index in [0.717, 1.165) is 25.7 Å². The average Bonchev–Trinajstić information content (AvgIpc) is 2.53. The van der Waals surface area contributed by atoms with Crippen LogP contribution in [0.5, 0.6) is 0 Å². The maximum Gasteiger partial charge on any atom is 0.0955 e. The summed E-state index contributed by atoms with van der Waals surface area (Å²) in [4.78, 5) is 0.406. The molecule has 1 saturated heterocycles. The lowest BCUT2D eigenvalue weighted by molar-refractivity contribution is 0.0212. The van der Waals surface area contributed by atoms with Crippen molar-refractivity contribution in [3.8, 4) is 0 Å². The van der Waals surface area contributed by atoms with Crippen LogP contribution in [0.15, 0.2) is 0 Å². The molecule has 0 aromatic rings. The molecule has 88 valence electrons. The smallest absolute Gasteiger partial charge is 0.0955 e. The second-order valence-corrected chi connectivity index (χ2v) is 5.96. The summed E-state index contributed by atoms with van der Waals surface area (Å²) < 4.78 is 11.3. The minimum absolute atomic E-state index is 0.285. The summed E-state index contributed by atoms with van der Waals surface area (Å²) in [6.07, 6.45) is 8.64.